The smallest absolute Gasteiger partial charge is 0.226 e. The molecule has 3 unspecified atom stereocenters. The Morgan fingerprint density at radius 3 is 2.26 bits per heavy atom. The summed E-state index contributed by atoms with van der Waals surface area (Å²) in [6.07, 6.45) is 5.30. The maximum atomic E-state index is 12.8. The minimum Gasteiger partial charge on any atom is -0.340 e. The van der Waals surface area contributed by atoms with Crippen LogP contribution in [-0.2, 0) is 9.59 Å². The van der Waals surface area contributed by atoms with Crippen molar-refractivity contribution in [3.05, 3.63) is 0 Å². The lowest BCUT2D eigenvalue weighted by molar-refractivity contribution is -0.141. The zero-order valence-electron chi connectivity index (χ0n) is 14.7. The average molecular weight is 321 g/mol. The molecule has 0 N–H and O–H groups in total. The van der Waals surface area contributed by atoms with Crippen molar-refractivity contribution in [2.45, 2.75) is 52.0 Å². The SMILES string of the molecule is CCC1CCCCN1C(=O)C1CC1C(=O)N1CCN(CC)CC1. The summed E-state index contributed by atoms with van der Waals surface area (Å²) in [5, 5.41) is 0. The molecule has 0 radical (unpaired) electrons. The van der Waals surface area contributed by atoms with Gasteiger partial charge in [-0.1, -0.05) is 13.8 Å². The van der Waals surface area contributed by atoms with Gasteiger partial charge in [-0.15, -0.1) is 0 Å². The summed E-state index contributed by atoms with van der Waals surface area (Å²) in [4.78, 5) is 31.9. The first-order valence-corrected chi connectivity index (χ1v) is 9.47. The van der Waals surface area contributed by atoms with Crippen molar-refractivity contribution in [1.82, 2.24) is 14.7 Å². The number of amides is 2. The van der Waals surface area contributed by atoms with Gasteiger partial charge in [0.05, 0.1) is 11.8 Å². The fraction of sp³-hybridized carbons (Fsp3) is 0.889. The Balaban J connectivity index is 1.52. The second-order valence-corrected chi connectivity index (χ2v) is 7.30. The summed E-state index contributed by atoms with van der Waals surface area (Å²) in [6.45, 7) is 9.87. The molecule has 2 saturated heterocycles. The largest absolute Gasteiger partial charge is 0.340 e. The molecule has 5 nitrogen and oxygen atoms in total. The quantitative estimate of drug-likeness (QED) is 0.789. The molecule has 3 aliphatic rings. The van der Waals surface area contributed by atoms with Crippen LogP contribution in [0.1, 0.15) is 46.0 Å². The molecule has 3 rings (SSSR count). The van der Waals surface area contributed by atoms with E-state index in [0.29, 0.717) is 6.04 Å². The predicted molar refractivity (Wildman–Crippen MR) is 89.9 cm³/mol. The highest BCUT2D eigenvalue weighted by Gasteiger charge is 2.51. The van der Waals surface area contributed by atoms with E-state index in [1.54, 1.807) is 0 Å². The molecule has 1 aliphatic carbocycles. The Morgan fingerprint density at radius 1 is 0.913 bits per heavy atom. The Kier molecular flexibility index (Phi) is 5.24. The first kappa shape index (κ1) is 16.7. The van der Waals surface area contributed by atoms with Crippen LogP contribution in [0.25, 0.3) is 0 Å². The molecule has 0 aromatic carbocycles. The highest BCUT2D eigenvalue weighted by molar-refractivity contribution is 5.92. The molecule has 3 fully saturated rings. The molecule has 2 aliphatic heterocycles. The molecule has 130 valence electrons. The van der Waals surface area contributed by atoms with Crippen molar-refractivity contribution < 1.29 is 9.59 Å². The summed E-state index contributed by atoms with van der Waals surface area (Å²) >= 11 is 0. The van der Waals surface area contributed by atoms with Gasteiger partial charge >= 0.3 is 0 Å². The maximum absolute atomic E-state index is 12.8. The normalized spacial score (nSPS) is 32.0. The van der Waals surface area contributed by atoms with E-state index < -0.39 is 0 Å². The number of piperazine rings is 1. The van der Waals surface area contributed by atoms with Gasteiger partial charge in [0, 0.05) is 38.8 Å². The average Bonchev–Trinajstić information content (AvgIpc) is 3.41. The minimum atomic E-state index is -0.0323. The molecule has 5 heteroatoms. The molecule has 0 bridgehead atoms. The van der Waals surface area contributed by atoms with Crippen LogP contribution in [0.4, 0.5) is 0 Å². The van der Waals surface area contributed by atoms with Crippen LogP contribution in [0.3, 0.4) is 0 Å². The molecule has 0 spiro atoms. The fourth-order valence-electron chi connectivity index (χ4n) is 4.19. The van der Waals surface area contributed by atoms with E-state index in [4.69, 9.17) is 0 Å². The molecule has 1 saturated carbocycles. The summed E-state index contributed by atoms with van der Waals surface area (Å²) in [5.74, 6) is 0.417. The number of likely N-dealkylation sites (tertiary alicyclic amines) is 1. The highest BCUT2D eigenvalue weighted by atomic mass is 16.2. The summed E-state index contributed by atoms with van der Waals surface area (Å²) in [6, 6.07) is 0.403. The third kappa shape index (κ3) is 3.54. The highest BCUT2D eigenvalue weighted by Crippen LogP contribution is 2.42. The van der Waals surface area contributed by atoms with Crippen LogP contribution in [0.15, 0.2) is 0 Å². The number of carbonyl (C=O) groups is 2. The van der Waals surface area contributed by atoms with E-state index >= 15 is 0 Å². The van der Waals surface area contributed by atoms with Gasteiger partial charge in [-0.25, -0.2) is 0 Å². The molecule has 23 heavy (non-hydrogen) atoms. The number of likely N-dealkylation sites (N-methyl/N-ethyl adjacent to an activating group) is 1. The lowest BCUT2D eigenvalue weighted by atomic mass is 9.99. The van der Waals surface area contributed by atoms with E-state index in [0.717, 1.165) is 65.0 Å². The zero-order chi connectivity index (χ0) is 16.4. The van der Waals surface area contributed by atoms with Crippen molar-refractivity contribution in [2.75, 3.05) is 39.3 Å². The van der Waals surface area contributed by atoms with E-state index in [9.17, 15) is 9.59 Å². The molecule has 2 amide bonds. The number of hydrogen-bond acceptors (Lipinski definition) is 3. The van der Waals surface area contributed by atoms with Crippen molar-refractivity contribution >= 4 is 11.8 Å². The third-order valence-electron chi connectivity index (χ3n) is 5.94. The maximum Gasteiger partial charge on any atom is 0.226 e. The molecular formula is C18H31N3O2. The van der Waals surface area contributed by atoms with Gasteiger partial charge in [0.15, 0.2) is 0 Å². The Labute approximate surface area is 140 Å². The van der Waals surface area contributed by atoms with Gasteiger partial charge in [0.1, 0.15) is 0 Å². The van der Waals surface area contributed by atoms with E-state index in [2.05, 4.69) is 23.6 Å². The van der Waals surface area contributed by atoms with Crippen molar-refractivity contribution in [1.29, 1.82) is 0 Å². The van der Waals surface area contributed by atoms with Gasteiger partial charge in [-0.2, -0.15) is 0 Å². The summed E-state index contributed by atoms with van der Waals surface area (Å²) in [5.41, 5.74) is 0. The van der Waals surface area contributed by atoms with Gasteiger partial charge in [-0.3, -0.25) is 9.59 Å². The van der Waals surface area contributed by atoms with Gasteiger partial charge in [-0.05, 0) is 38.6 Å². The van der Waals surface area contributed by atoms with Gasteiger partial charge < -0.3 is 14.7 Å². The Morgan fingerprint density at radius 2 is 1.61 bits per heavy atom. The van der Waals surface area contributed by atoms with E-state index in [1.807, 2.05) is 4.90 Å². The third-order valence-corrected chi connectivity index (χ3v) is 5.94. The van der Waals surface area contributed by atoms with Crippen molar-refractivity contribution in [3.63, 3.8) is 0 Å². The molecule has 0 aromatic rings. The van der Waals surface area contributed by atoms with Crippen LogP contribution in [0.2, 0.25) is 0 Å². The first-order chi connectivity index (χ1) is 11.2. The monoisotopic (exact) mass is 321 g/mol. The van der Waals surface area contributed by atoms with Crippen LogP contribution in [0.5, 0.6) is 0 Å². The van der Waals surface area contributed by atoms with Crippen LogP contribution in [0, 0.1) is 11.8 Å². The molecule has 2 heterocycles. The summed E-state index contributed by atoms with van der Waals surface area (Å²) in [7, 11) is 0. The van der Waals surface area contributed by atoms with E-state index in [1.165, 1.54) is 6.42 Å². The van der Waals surface area contributed by atoms with Crippen LogP contribution >= 0.6 is 0 Å². The number of nitrogens with zero attached hydrogens (tertiary/aromatic N) is 3. The van der Waals surface area contributed by atoms with Gasteiger partial charge in [0.2, 0.25) is 11.8 Å². The Hall–Kier alpha value is -1.10. The number of piperidine rings is 1. The lowest BCUT2D eigenvalue weighted by Crippen LogP contribution is -2.49. The molecular weight excluding hydrogens is 290 g/mol. The number of rotatable bonds is 4. The number of hydrogen-bond donors (Lipinski definition) is 0. The molecule has 0 aromatic heterocycles. The zero-order valence-corrected chi connectivity index (χ0v) is 14.7. The van der Waals surface area contributed by atoms with Crippen molar-refractivity contribution in [2.24, 2.45) is 11.8 Å². The lowest BCUT2D eigenvalue weighted by Gasteiger charge is -2.36. The van der Waals surface area contributed by atoms with E-state index in [-0.39, 0.29) is 23.7 Å². The van der Waals surface area contributed by atoms with Crippen molar-refractivity contribution in [3.8, 4) is 0 Å². The first-order valence-electron chi connectivity index (χ1n) is 9.47. The van der Waals surface area contributed by atoms with Gasteiger partial charge in [0.25, 0.3) is 0 Å². The molecule has 3 atom stereocenters. The van der Waals surface area contributed by atoms with Crippen LogP contribution < -0.4 is 0 Å². The topological polar surface area (TPSA) is 43.9 Å². The predicted octanol–water partition coefficient (Wildman–Crippen LogP) is 1.58. The van der Waals surface area contributed by atoms with Crippen LogP contribution in [-0.4, -0.2) is 71.8 Å². The number of carbonyl (C=O) groups excluding carboxylic acids is 2. The second-order valence-electron chi connectivity index (χ2n) is 7.30. The Bertz CT molecular complexity index is 446. The second kappa shape index (κ2) is 7.20. The standard InChI is InChI=1S/C18H31N3O2/c1-3-14-7-5-6-8-21(14)18(23)16-13-15(16)17(22)20-11-9-19(4-2)10-12-20/h14-16H,3-13H2,1-2H3. The fourth-order valence-corrected chi connectivity index (χ4v) is 4.19. The minimum absolute atomic E-state index is 0.0288. The summed E-state index contributed by atoms with van der Waals surface area (Å²) < 4.78 is 0.